The SMILES string of the molecule is CNc1cn2ccnc2c(NC(C)c2ccccc2C)n1. The van der Waals surface area contributed by atoms with Crippen LogP contribution in [-0.2, 0) is 0 Å². The van der Waals surface area contributed by atoms with Gasteiger partial charge >= 0.3 is 0 Å². The standard InChI is InChI=1S/C16H19N5/c1-11-6-4-5-7-13(11)12(2)19-15-16-18-8-9-21(16)10-14(17-3)20-15/h4-10,12,17H,1-3H3,(H,19,20). The molecular formula is C16H19N5. The summed E-state index contributed by atoms with van der Waals surface area (Å²) in [5.74, 6) is 1.59. The van der Waals surface area contributed by atoms with Crippen LogP contribution in [0.5, 0.6) is 0 Å². The second-order valence-electron chi connectivity index (χ2n) is 5.11. The molecule has 0 saturated carbocycles. The quantitative estimate of drug-likeness (QED) is 0.770. The molecule has 0 saturated heterocycles. The molecule has 5 heteroatoms. The zero-order chi connectivity index (χ0) is 14.8. The van der Waals surface area contributed by atoms with Crippen LogP contribution in [0.2, 0.25) is 0 Å². The highest BCUT2D eigenvalue weighted by molar-refractivity contribution is 5.66. The lowest BCUT2D eigenvalue weighted by Crippen LogP contribution is -2.11. The molecule has 1 unspecified atom stereocenters. The van der Waals surface area contributed by atoms with Crippen LogP contribution in [0.15, 0.2) is 42.9 Å². The Hall–Kier alpha value is -2.56. The lowest BCUT2D eigenvalue weighted by molar-refractivity contribution is 0.863. The molecule has 2 heterocycles. The van der Waals surface area contributed by atoms with Gasteiger partial charge < -0.3 is 15.0 Å². The van der Waals surface area contributed by atoms with Gasteiger partial charge in [0.2, 0.25) is 0 Å². The summed E-state index contributed by atoms with van der Waals surface area (Å²) in [5, 5.41) is 6.54. The van der Waals surface area contributed by atoms with E-state index in [-0.39, 0.29) is 6.04 Å². The number of rotatable bonds is 4. The van der Waals surface area contributed by atoms with Crippen LogP contribution in [-0.4, -0.2) is 21.4 Å². The van der Waals surface area contributed by atoms with Crippen molar-refractivity contribution in [1.82, 2.24) is 14.4 Å². The van der Waals surface area contributed by atoms with Crippen molar-refractivity contribution in [2.45, 2.75) is 19.9 Å². The van der Waals surface area contributed by atoms with Crippen molar-refractivity contribution < 1.29 is 0 Å². The van der Waals surface area contributed by atoms with Gasteiger partial charge in [-0.2, -0.15) is 0 Å². The van der Waals surface area contributed by atoms with Crippen molar-refractivity contribution in [3.8, 4) is 0 Å². The summed E-state index contributed by atoms with van der Waals surface area (Å²) in [6.45, 7) is 4.26. The smallest absolute Gasteiger partial charge is 0.180 e. The Morgan fingerprint density at radius 2 is 2.05 bits per heavy atom. The molecule has 2 N–H and O–H groups in total. The first-order valence-electron chi connectivity index (χ1n) is 7.02. The van der Waals surface area contributed by atoms with Crippen molar-refractivity contribution in [3.05, 3.63) is 54.0 Å². The van der Waals surface area contributed by atoms with Gasteiger partial charge in [0.1, 0.15) is 5.82 Å². The first-order valence-corrected chi connectivity index (χ1v) is 7.02. The molecule has 0 spiro atoms. The van der Waals surface area contributed by atoms with E-state index in [1.807, 2.05) is 23.8 Å². The van der Waals surface area contributed by atoms with Crippen LogP contribution < -0.4 is 10.6 Å². The predicted octanol–water partition coefficient (Wildman–Crippen LogP) is 3.25. The molecule has 3 aromatic rings. The van der Waals surface area contributed by atoms with E-state index in [0.717, 1.165) is 17.3 Å². The highest BCUT2D eigenvalue weighted by Gasteiger charge is 2.12. The van der Waals surface area contributed by atoms with Crippen LogP contribution in [0.3, 0.4) is 0 Å². The van der Waals surface area contributed by atoms with Crippen molar-refractivity contribution in [1.29, 1.82) is 0 Å². The van der Waals surface area contributed by atoms with Crippen LogP contribution in [0.4, 0.5) is 11.6 Å². The van der Waals surface area contributed by atoms with Gasteiger partial charge in [0.25, 0.3) is 0 Å². The minimum absolute atomic E-state index is 0.159. The third-order valence-corrected chi connectivity index (χ3v) is 3.64. The molecule has 1 atom stereocenters. The zero-order valence-corrected chi connectivity index (χ0v) is 12.5. The molecule has 0 amide bonds. The normalized spacial score (nSPS) is 12.3. The predicted molar refractivity (Wildman–Crippen MR) is 85.8 cm³/mol. The summed E-state index contributed by atoms with van der Waals surface area (Å²) in [6, 6.07) is 8.53. The molecule has 5 nitrogen and oxygen atoms in total. The molecule has 0 fully saturated rings. The summed E-state index contributed by atoms with van der Waals surface area (Å²) in [6.07, 6.45) is 5.62. The number of hydrogen-bond acceptors (Lipinski definition) is 4. The van der Waals surface area contributed by atoms with E-state index in [2.05, 4.69) is 58.7 Å². The molecule has 0 aliphatic heterocycles. The molecule has 0 bridgehead atoms. The molecule has 108 valence electrons. The number of nitrogens with one attached hydrogen (secondary N) is 2. The van der Waals surface area contributed by atoms with E-state index in [9.17, 15) is 0 Å². The van der Waals surface area contributed by atoms with Crippen molar-refractivity contribution in [3.63, 3.8) is 0 Å². The van der Waals surface area contributed by atoms with E-state index in [0.29, 0.717) is 0 Å². The number of imidazole rings is 1. The van der Waals surface area contributed by atoms with Crippen LogP contribution >= 0.6 is 0 Å². The summed E-state index contributed by atoms with van der Waals surface area (Å²) >= 11 is 0. The van der Waals surface area contributed by atoms with E-state index in [1.54, 1.807) is 6.20 Å². The van der Waals surface area contributed by atoms with Crippen LogP contribution in [0, 0.1) is 6.92 Å². The molecular weight excluding hydrogens is 262 g/mol. The number of aryl methyl sites for hydroxylation is 1. The van der Waals surface area contributed by atoms with Gasteiger partial charge in [-0.05, 0) is 25.0 Å². The second kappa shape index (κ2) is 5.44. The maximum Gasteiger partial charge on any atom is 0.180 e. The molecule has 2 aromatic heterocycles. The zero-order valence-electron chi connectivity index (χ0n) is 12.5. The Labute approximate surface area is 124 Å². The lowest BCUT2D eigenvalue weighted by Gasteiger charge is -2.18. The first-order chi connectivity index (χ1) is 10.2. The van der Waals surface area contributed by atoms with Crippen molar-refractivity contribution >= 4 is 17.3 Å². The third kappa shape index (κ3) is 2.54. The monoisotopic (exact) mass is 281 g/mol. The van der Waals surface area contributed by atoms with E-state index < -0.39 is 0 Å². The van der Waals surface area contributed by atoms with Gasteiger partial charge in [-0.3, -0.25) is 0 Å². The molecule has 0 radical (unpaired) electrons. The summed E-state index contributed by atoms with van der Waals surface area (Å²) < 4.78 is 1.96. The van der Waals surface area contributed by atoms with E-state index >= 15 is 0 Å². The van der Waals surface area contributed by atoms with Gasteiger partial charge in [-0.25, -0.2) is 9.97 Å². The fourth-order valence-corrected chi connectivity index (χ4v) is 2.50. The molecule has 1 aromatic carbocycles. The fraction of sp³-hybridized carbons (Fsp3) is 0.250. The maximum atomic E-state index is 4.58. The highest BCUT2D eigenvalue weighted by atomic mass is 15.1. The first kappa shape index (κ1) is 13.4. The number of fused-ring (bicyclic) bond motifs is 1. The van der Waals surface area contributed by atoms with Gasteiger partial charge in [0.15, 0.2) is 11.5 Å². The third-order valence-electron chi connectivity index (χ3n) is 3.64. The summed E-state index contributed by atoms with van der Waals surface area (Å²) in [7, 11) is 1.86. The molecule has 0 aliphatic rings. The number of hydrogen-bond donors (Lipinski definition) is 2. The van der Waals surface area contributed by atoms with Gasteiger partial charge in [-0.15, -0.1) is 0 Å². The molecule has 0 aliphatic carbocycles. The largest absolute Gasteiger partial charge is 0.372 e. The van der Waals surface area contributed by atoms with Gasteiger partial charge in [-0.1, -0.05) is 24.3 Å². The van der Waals surface area contributed by atoms with E-state index in [4.69, 9.17) is 0 Å². The average Bonchev–Trinajstić information content (AvgIpc) is 2.96. The Bertz CT molecular complexity index is 762. The Balaban J connectivity index is 1.97. The lowest BCUT2D eigenvalue weighted by atomic mass is 10.0. The Morgan fingerprint density at radius 1 is 1.24 bits per heavy atom. The van der Waals surface area contributed by atoms with Gasteiger partial charge in [0.05, 0.1) is 12.2 Å². The number of aromatic nitrogens is 3. The molecule has 3 rings (SSSR count). The second-order valence-corrected chi connectivity index (χ2v) is 5.11. The highest BCUT2D eigenvalue weighted by Crippen LogP contribution is 2.24. The van der Waals surface area contributed by atoms with Gasteiger partial charge in [0, 0.05) is 19.4 Å². The minimum atomic E-state index is 0.159. The average molecular weight is 281 g/mol. The van der Waals surface area contributed by atoms with Crippen LogP contribution in [0.1, 0.15) is 24.1 Å². The fourth-order valence-electron chi connectivity index (χ4n) is 2.50. The van der Waals surface area contributed by atoms with Crippen molar-refractivity contribution in [2.24, 2.45) is 0 Å². The summed E-state index contributed by atoms with van der Waals surface area (Å²) in [5.41, 5.74) is 3.36. The summed E-state index contributed by atoms with van der Waals surface area (Å²) in [4.78, 5) is 8.95. The van der Waals surface area contributed by atoms with Crippen LogP contribution in [0.25, 0.3) is 5.65 Å². The number of benzene rings is 1. The van der Waals surface area contributed by atoms with Crippen molar-refractivity contribution in [2.75, 3.05) is 17.7 Å². The minimum Gasteiger partial charge on any atom is -0.372 e. The Kier molecular flexibility index (Phi) is 3.48. The number of nitrogens with zero attached hydrogens (tertiary/aromatic N) is 3. The Morgan fingerprint density at radius 3 is 2.81 bits per heavy atom. The topological polar surface area (TPSA) is 54.2 Å². The molecule has 21 heavy (non-hydrogen) atoms. The van der Waals surface area contributed by atoms with E-state index in [1.165, 1.54) is 11.1 Å². The number of anilines is 2. The maximum absolute atomic E-state index is 4.58.